The van der Waals surface area contributed by atoms with Crippen LogP contribution in [-0.4, -0.2) is 18.6 Å². The molecule has 5 heteroatoms. The van der Waals surface area contributed by atoms with Crippen LogP contribution >= 0.6 is 23.1 Å². The van der Waals surface area contributed by atoms with Crippen LogP contribution in [0, 0.1) is 6.92 Å². The molecule has 21 heavy (non-hydrogen) atoms. The van der Waals surface area contributed by atoms with E-state index in [0.717, 1.165) is 23.1 Å². The van der Waals surface area contributed by atoms with E-state index in [9.17, 15) is 0 Å². The lowest BCUT2D eigenvalue weighted by Gasteiger charge is -2.19. The van der Waals surface area contributed by atoms with Crippen molar-refractivity contribution in [3.05, 3.63) is 58.6 Å². The maximum atomic E-state index is 5.26. The zero-order valence-corrected chi connectivity index (χ0v) is 13.6. The zero-order chi connectivity index (χ0) is 14.7. The molecule has 0 N–H and O–H groups in total. The SMILES string of the molecule is COc1cccc(SC2=CCN(c3nc(C)cs3)C=C2)c1. The van der Waals surface area contributed by atoms with E-state index < -0.39 is 0 Å². The Morgan fingerprint density at radius 3 is 2.95 bits per heavy atom. The van der Waals surface area contributed by atoms with Gasteiger partial charge in [0.25, 0.3) is 0 Å². The van der Waals surface area contributed by atoms with Crippen LogP contribution in [0.25, 0.3) is 0 Å². The molecule has 1 aromatic heterocycles. The summed E-state index contributed by atoms with van der Waals surface area (Å²) in [6.45, 7) is 2.88. The molecule has 0 amide bonds. The minimum atomic E-state index is 0.857. The van der Waals surface area contributed by atoms with E-state index >= 15 is 0 Å². The number of ether oxygens (including phenoxy) is 1. The first-order valence-electron chi connectivity index (χ1n) is 6.63. The molecule has 0 atom stereocenters. The Kier molecular flexibility index (Phi) is 4.31. The van der Waals surface area contributed by atoms with Gasteiger partial charge >= 0.3 is 0 Å². The number of hydrogen-bond donors (Lipinski definition) is 0. The molecule has 1 aliphatic rings. The molecule has 0 saturated heterocycles. The van der Waals surface area contributed by atoms with Gasteiger partial charge in [0, 0.05) is 27.9 Å². The van der Waals surface area contributed by atoms with Gasteiger partial charge in [-0.25, -0.2) is 4.98 Å². The number of hydrogen-bond acceptors (Lipinski definition) is 5. The fourth-order valence-corrected chi connectivity index (χ4v) is 3.65. The summed E-state index contributed by atoms with van der Waals surface area (Å²) in [6.07, 6.45) is 6.45. The predicted molar refractivity (Wildman–Crippen MR) is 90.3 cm³/mol. The van der Waals surface area contributed by atoms with Gasteiger partial charge in [0.1, 0.15) is 5.75 Å². The van der Waals surface area contributed by atoms with Crippen molar-refractivity contribution < 1.29 is 4.74 Å². The third kappa shape index (κ3) is 3.49. The van der Waals surface area contributed by atoms with Crippen LogP contribution in [0.2, 0.25) is 0 Å². The predicted octanol–water partition coefficient (Wildman–Crippen LogP) is 4.47. The average molecular weight is 316 g/mol. The molecule has 0 fully saturated rings. The van der Waals surface area contributed by atoms with Gasteiger partial charge < -0.3 is 9.64 Å². The molecule has 0 aliphatic carbocycles. The second kappa shape index (κ2) is 6.37. The largest absolute Gasteiger partial charge is 0.497 e. The molecule has 108 valence electrons. The van der Waals surface area contributed by atoms with Crippen LogP contribution in [0.5, 0.6) is 5.75 Å². The molecule has 1 aromatic carbocycles. The number of aryl methyl sites for hydroxylation is 1. The van der Waals surface area contributed by atoms with Gasteiger partial charge in [-0.15, -0.1) is 11.3 Å². The Morgan fingerprint density at radius 1 is 1.38 bits per heavy atom. The van der Waals surface area contributed by atoms with E-state index in [1.807, 2.05) is 19.1 Å². The number of aromatic nitrogens is 1. The first kappa shape index (κ1) is 14.2. The molecule has 2 aromatic rings. The minimum absolute atomic E-state index is 0.857. The monoisotopic (exact) mass is 316 g/mol. The number of anilines is 1. The maximum absolute atomic E-state index is 5.26. The summed E-state index contributed by atoms with van der Waals surface area (Å²) >= 11 is 3.42. The summed E-state index contributed by atoms with van der Waals surface area (Å²) < 4.78 is 5.26. The Balaban J connectivity index is 1.66. The lowest BCUT2D eigenvalue weighted by Crippen LogP contribution is -2.18. The van der Waals surface area contributed by atoms with Crippen LogP contribution < -0.4 is 9.64 Å². The third-order valence-corrected chi connectivity index (χ3v) is 5.06. The van der Waals surface area contributed by atoms with Crippen molar-refractivity contribution in [2.45, 2.75) is 11.8 Å². The van der Waals surface area contributed by atoms with Gasteiger partial charge in [-0.05, 0) is 31.2 Å². The highest BCUT2D eigenvalue weighted by molar-refractivity contribution is 8.03. The van der Waals surface area contributed by atoms with Crippen LogP contribution in [0.1, 0.15) is 5.69 Å². The highest BCUT2D eigenvalue weighted by Gasteiger charge is 2.11. The summed E-state index contributed by atoms with van der Waals surface area (Å²) in [5.41, 5.74) is 1.07. The van der Waals surface area contributed by atoms with Crippen LogP contribution in [0.3, 0.4) is 0 Å². The van der Waals surface area contributed by atoms with E-state index in [1.165, 1.54) is 9.80 Å². The van der Waals surface area contributed by atoms with Crippen LogP contribution in [0.15, 0.2) is 57.8 Å². The van der Waals surface area contributed by atoms with Crippen LogP contribution in [-0.2, 0) is 0 Å². The van der Waals surface area contributed by atoms with Crippen molar-refractivity contribution in [1.82, 2.24) is 4.98 Å². The first-order chi connectivity index (χ1) is 10.2. The van der Waals surface area contributed by atoms with E-state index in [4.69, 9.17) is 4.74 Å². The van der Waals surface area contributed by atoms with Gasteiger partial charge in [0.05, 0.1) is 12.8 Å². The van der Waals surface area contributed by atoms with Gasteiger partial charge in [-0.3, -0.25) is 0 Å². The molecular weight excluding hydrogens is 300 g/mol. The minimum Gasteiger partial charge on any atom is -0.497 e. The molecule has 2 heterocycles. The highest BCUT2D eigenvalue weighted by atomic mass is 32.2. The van der Waals surface area contributed by atoms with E-state index in [0.29, 0.717) is 0 Å². The van der Waals surface area contributed by atoms with E-state index in [2.05, 4.69) is 45.7 Å². The fourth-order valence-electron chi connectivity index (χ4n) is 1.97. The van der Waals surface area contributed by atoms with Gasteiger partial charge in [-0.2, -0.15) is 0 Å². The van der Waals surface area contributed by atoms with Gasteiger partial charge in [0.15, 0.2) is 5.13 Å². The Bertz CT molecular complexity index is 691. The number of allylic oxidation sites excluding steroid dienone is 1. The molecule has 0 saturated carbocycles. The molecule has 0 bridgehead atoms. The summed E-state index contributed by atoms with van der Waals surface area (Å²) in [6, 6.07) is 8.12. The number of benzene rings is 1. The second-order valence-corrected chi connectivity index (χ2v) is 6.61. The second-order valence-electron chi connectivity index (χ2n) is 4.63. The average Bonchev–Trinajstić information content (AvgIpc) is 2.95. The van der Waals surface area contributed by atoms with Gasteiger partial charge in [0.2, 0.25) is 0 Å². The normalized spacial score (nSPS) is 14.2. The van der Waals surface area contributed by atoms with E-state index in [-0.39, 0.29) is 0 Å². The molecular formula is C16H16N2OS2. The highest BCUT2D eigenvalue weighted by Crippen LogP contribution is 2.32. The molecule has 3 rings (SSSR count). The quantitative estimate of drug-likeness (QED) is 0.831. The Morgan fingerprint density at radius 2 is 2.29 bits per heavy atom. The molecule has 0 unspecified atom stereocenters. The van der Waals surface area contributed by atoms with Crippen molar-refractivity contribution in [2.75, 3.05) is 18.6 Å². The number of rotatable bonds is 4. The van der Waals surface area contributed by atoms with Crippen molar-refractivity contribution in [3.63, 3.8) is 0 Å². The molecule has 1 aliphatic heterocycles. The number of methoxy groups -OCH3 is 1. The summed E-state index contributed by atoms with van der Waals surface area (Å²) in [7, 11) is 1.69. The van der Waals surface area contributed by atoms with Crippen LogP contribution in [0.4, 0.5) is 5.13 Å². The van der Waals surface area contributed by atoms with Crippen molar-refractivity contribution in [3.8, 4) is 5.75 Å². The standard InChI is InChI=1S/C16H16N2OS2/c1-12-11-20-16(17-12)18-8-6-14(7-9-18)21-15-5-3-4-13(10-15)19-2/h3-8,10-11H,9H2,1-2H3. The fraction of sp³-hybridized carbons (Fsp3) is 0.188. The summed E-state index contributed by atoms with van der Waals surface area (Å²) in [5.74, 6) is 0.889. The topological polar surface area (TPSA) is 25.4 Å². The van der Waals surface area contributed by atoms with Gasteiger partial charge in [-0.1, -0.05) is 23.9 Å². The lowest BCUT2D eigenvalue weighted by atomic mass is 10.3. The van der Waals surface area contributed by atoms with Crippen molar-refractivity contribution in [1.29, 1.82) is 0 Å². The summed E-state index contributed by atoms with van der Waals surface area (Å²) in [4.78, 5) is 9.09. The lowest BCUT2D eigenvalue weighted by molar-refractivity contribution is 0.413. The number of thiazole rings is 1. The summed E-state index contributed by atoms with van der Waals surface area (Å²) in [5, 5.41) is 3.12. The van der Waals surface area contributed by atoms with Crippen molar-refractivity contribution >= 4 is 28.2 Å². The van der Waals surface area contributed by atoms with E-state index in [1.54, 1.807) is 30.2 Å². The zero-order valence-electron chi connectivity index (χ0n) is 11.9. The molecule has 0 radical (unpaired) electrons. The van der Waals surface area contributed by atoms with Crippen molar-refractivity contribution in [2.24, 2.45) is 0 Å². The number of nitrogens with zero attached hydrogens (tertiary/aromatic N) is 2. The smallest absolute Gasteiger partial charge is 0.189 e. The molecule has 3 nitrogen and oxygen atoms in total. The Hall–Kier alpha value is -1.72. The third-order valence-electron chi connectivity index (χ3n) is 3.04. The molecule has 0 spiro atoms. The Labute approximate surface area is 133 Å². The number of thioether (sulfide) groups is 1. The first-order valence-corrected chi connectivity index (χ1v) is 8.33. The maximum Gasteiger partial charge on any atom is 0.189 e.